The van der Waals surface area contributed by atoms with E-state index in [2.05, 4.69) is 15.2 Å². The number of carbonyl (C=O) groups excluding carboxylic acids is 1. The van der Waals surface area contributed by atoms with Crippen molar-refractivity contribution in [1.82, 2.24) is 15.1 Å². The fraction of sp³-hybridized carbons (Fsp3) is 0.556. The van der Waals surface area contributed by atoms with Gasteiger partial charge >= 0.3 is 6.09 Å². The molecule has 0 bridgehead atoms. The van der Waals surface area contributed by atoms with Crippen LogP contribution in [0.15, 0.2) is 29.3 Å². The number of piperazine rings is 1. The van der Waals surface area contributed by atoms with Crippen molar-refractivity contribution in [3.63, 3.8) is 0 Å². The van der Waals surface area contributed by atoms with Gasteiger partial charge in [0.1, 0.15) is 5.60 Å². The van der Waals surface area contributed by atoms with E-state index in [0.717, 1.165) is 5.96 Å². The molecule has 1 amide bonds. The first-order valence-electron chi connectivity index (χ1n) is 9.00. The first-order valence-corrected chi connectivity index (χ1v) is 9.00. The minimum Gasteiger partial charge on any atom is -0.444 e. The zero-order valence-corrected chi connectivity index (χ0v) is 15.8. The summed E-state index contributed by atoms with van der Waals surface area (Å²) in [5, 5.41) is 14.3. The van der Waals surface area contributed by atoms with Crippen LogP contribution in [0, 0.1) is 10.1 Å². The van der Waals surface area contributed by atoms with E-state index in [-0.39, 0.29) is 22.7 Å². The average molecular weight is 375 g/mol. The van der Waals surface area contributed by atoms with Gasteiger partial charge in [0.05, 0.1) is 17.5 Å². The molecule has 9 nitrogen and oxygen atoms in total. The number of hydrogen-bond acceptors (Lipinski definition) is 7. The van der Waals surface area contributed by atoms with Gasteiger partial charge in [-0.2, -0.15) is 0 Å². The number of guanidine groups is 1. The monoisotopic (exact) mass is 375 g/mol. The van der Waals surface area contributed by atoms with E-state index < -0.39 is 5.60 Å². The summed E-state index contributed by atoms with van der Waals surface area (Å²) in [4.78, 5) is 31.4. The largest absolute Gasteiger partial charge is 0.444 e. The Morgan fingerprint density at radius 2 is 2.11 bits per heavy atom. The van der Waals surface area contributed by atoms with Gasteiger partial charge in [0, 0.05) is 37.8 Å². The number of nitro groups is 1. The third-order valence-corrected chi connectivity index (χ3v) is 4.48. The van der Waals surface area contributed by atoms with Crippen LogP contribution < -0.4 is 5.32 Å². The summed E-state index contributed by atoms with van der Waals surface area (Å²) in [5.41, 5.74) is 0.188. The summed E-state index contributed by atoms with van der Waals surface area (Å²) in [5.74, 6) is 0.724. The second kappa shape index (κ2) is 7.42. The van der Waals surface area contributed by atoms with Crippen LogP contribution in [0.25, 0.3) is 0 Å². The predicted molar refractivity (Wildman–Crippen MR) is 101 cm³/mol. The van der Waals surface area contributed by atoms with Crippen molar-refractivity contribution in [3.05, 3.63) is 39.9 Å². The number of carbonyl (C=O) groups is 1. The highest BCUT2D eigenvalue weighted by molar-refractivity contribution is 5.82. The van der Waals surface area contributed by atoms with Crippen LogP contribution in [0.1, 0.15) is 26.3 Å². The minimum atomic E-state index is -0.516. The molecular formula is C18H25N5O4. The lowest BCUT2D eigenvalue weighted by molar-refractivity contribution is -0.385. The second-order valence-corrected chi connectivity index (χ2v) is 7.68. The number of nitro benzene ring substituents is 1. The van der Waals surface area contributed by atoms with E-state index in [9.17, 15) is 14.9 Å². The molecule has 1 atom stereocenters. The molecule has 1 saturated heterocycles. The van der Waals surface area contributed by atoms with Crippen LogP contribution in [0.4, 0.5) is 10.5 Å². The van der Waals surface area contributed by atoms with Crippen molar-refractivity contribution in [2.45, 2.75) is 39.0 Å². The number of aliphatic imine (C=N–C) groups is 1. The number of nitrogens with one attached hydrogen (secondary N) is 1. The van der Waals surface area contributed by atoms with Gasteiger partial charge in [-0.1, -0.05) is 18.2 Å². The molecule has 1 unspecified atom stereocenters. The molecule has 0 aromatic heterocycles. The molecule has 0 aliphatic carbocycles. The quantitative estimate of drug-likeness (QED) is 0.640. The Labute approximate surface area is 158 Å². The van der Waals surface area contributed by atoms with Gasteiger partial charge in [-0.15, -0.1) is 0 Å². The molecule has 9 heteroatoms. The molecule has 3 rings (SSSR count). The molecular weight excluding hydrogens is 350 g/mol. The summed E-state index contributed by atoms with van der Waals surface area (Å²) in [6.07, 6.45) is -0.302. The van der Waals surface area contributed by atoms with Crippen LogP contribution >= 0.6 is 0 Å². The van der Waals surface area contributed by atoms with Crippen molar-refractivity contribution in [1.29, 1.82) is 0 Å². The molecule has 2 heterocycles. The Bertz CT molecular complexity index is 758. The summed E-state index contributed by atoms with van der Waals surface area (Å²) < 4.78 is 5.45. The molecule has 0 radical (unpaired) electrons. The van der Waals surface area contributed by atoms with Crippen LogP contribution in [-0.4, -0.2) is 64.6 Å². The summed E-state index contributed by atoms with van der Waals surface area (Å²) in [6.45, 7) is 8.21. The minimum absolute atomic E-state index is 0.0925. The molecule has 1 aromatic carbocycles. The van der Waals surface area contributed by atoms with Crippen LogP contribution in [-0.2, 0) is 11.3 Å². The lowest BCUT2D eigenvalue weighted by atomic mass is 10.2. The fourth-order valence-corrected chi connectivity index (χ4v) is 3.24. The first-order chi connectivity index (χ1) is 12.7. The fourth-order valence-electron chi connectivity index (χ4n) is 3.24. The zero-order valence-electron chi connectivity index (χ0n) is 15.8. The van der Waals surface area contributed by atoms with Gasteiger partial charge < -0.3 is 19.9 Å². The van der Waals surface area contributed by atoms with Crippen molar-refractivity contribution >= 4 is 17.7 Å². The van der Waals surface area contributed by atoms with Crippen molar-refractivity contribution < 1.29 is 14.5 Å². The number of para-hydroxylation sites is 1. The Morgan fingerprint density at radius 3 is 2.81 bits per heavy atom. The maximum absolute atomic E-state index is 12.3. The summed E-state index contributed by atoms with van der Waals surface area (Å²) in [7, 11) is 0. The summed E-state index contributed by atoms with van der Waals surface area (Å²) in [6, 6.07) is 6.76. The Kier molecular flexibility index (Phi) is 5.20. The third kappa shape index (κ3) is 4.47. The number of benzene rings is 1. The molecule has 0 spiro atoms. The van der Waals surface area contributed by atoms with E-state index in [1.807, 2.05) is 20.8 Å². The third-order valence-electron chi connectivity index (χ3n) is 4.48. The predicted octanol–water partition coefficient (Wildman–Crippen LogP) is 1.98. The molecule has 27 heavy (non-hydrogen) atoms. The highest BCUT2D eigenvalue weighted by Crippen LogP contribution is 2.20. The number of fused-ring (bicyclic) bond motifs is 1. The van der Waals surface area contributed by atoms with Gasteiger partial charge in [-0.3, -0.25) is 15.1 Å². The lowest BCUT2D eigenvalue weighted by Gasteiger charge is -2.39. The van der Waals surface area contributed by atoms with Gasteiger partial charge in [0.25, 0.3) is 5.69 Å². The molecule has 2 aliphatic rings. The number of amides is 1. The molecule has 0 saturated carbocycles. The normalized spacial score (nSPS) is 19.4. The Balaban J connectivity index is 1.57. The molecule has 1 fully saturated rings. The average Bonchev–Trinajstić information content (AvgIpc) is 3.01. The van der Waals surface area contributed by atoms with E-state index in [4.69, 9.17) is 4.74 Å². The number of nitrogens with zero attached hydrogens (tertiary/aromatic N) is 4. The zero-order chi connectivity index (χ0) is 19.6. The maximum Gasteiger partial charge on any atom is 0.410 e. The van der Waals surface area contributed by atoms with Crippen LogP contribution in [0.3, 0.4) is 0 Å². The highest BCUT2D eigenvalue weighted by Gasteiger charge is 2.36. The van der Waals surface area contributed by atoms with E-state index in [1.165, 1.54) is 6.07 Å². The van der Waals surface area contributed by atoms with Gasteiger partial charge in [0.2, 0.25) is 0 Å². The lowest BCUT2D eigenvalue weighted by Crippen LogP contribution is -2.57. The van der Waals surface area contributed by atoms with Crippen LogP contribution in [0.2, 0.25) is 0 Å². The van der Waals surface area contributed by atoms with E-state index >= 15 is 0 Å². The SMILES string of the molecule is CC(C)(C)OC(=O)N1CCN2C(NCc3ccccc3[N+](=O)[O-])=NCC2C1. The number of ether oxygens (including phenoxy) is 1. The van der Waals surface area contributed by atoms with Crippen molar-refractivity contribution in [2.24, 2.45) is 4.99 Å². The smallest absolute Gasteiger partial charge is 0.410 e. The molecule has 2 aliphatic heterocycles. The van der Waals surface area contributed by atoms with Gasteiger partial charge in [-0.25, -0.2) is 4.79 Å². The second-order valence-electron chi connectivity index (χ2n) is 7.68. The highest BCUT2D eigenvalue weighted by atomic mass is 16.6. The standard InChI is InChI=1S/C18H25N5O4/c1-18(2,3)27-17(24)21-8-9-22-14(12-21)11-20-16(22)19-10-13-6-4-5-7-15(13)23(25)26/h4-7,14H,8-12H2,1-3H3,(H,19,20). The Morgan fingerprint density at radius 1 is 1.37 bits per heavy atom. The number of rotatable bonds is 3. The topological polar surface area (TPSA) is 100 Å². The molecule has 1 aromatic rings. The van der Waals surface area contributed by atoms with E-state index in [0.29, 0.717) is 38.3 Å². The van der Waals surface area contributed by atoms with Crippen LogP contribution in [0.5, 0.6) is 0 Å². The molecule has 146 valence electrons. The molecule has 1 N–H and O–H groups in total. The summed E-state index contributed by atoms with van der Waals surface area (Å²) >= 11 is 0. The maximum atomic E-state index is 12.3. The van der Waals surface area contributed by atoms with Crippen molar-refractivity contribution in [3.8, 4) is 0 Å². The van der Waals surface area contributed by atoms with E-state index in [1.54, 1.807) is 23.1 Å². The van der Waals surface area contributed by atoms with Gasteiger partial charge in [0.15, 0.2) is 5.96 Å². The Hall–Kier alpha value is -2.84. The van der Waals surface area contributed by atoms with Gasteiger partial charge in [-0.05, 0) is 20.8 Å². The first kappa shape index (κ1) is 18.9. The van der Waals surface area contributed by atoms with Crippen molar-refractivity contribution in [2.75, 3.05) is 26.2 Å². The number of hydrogen-bond donors (Lipinski definition) is 1.